The van der Waals surface area contributed by atoms with Crippen LogP contribution in [0.25, 0.3) is 0 Å². The van der Waals surface area contributed by atoms with Gasteiger partial charge in [0.05, 0.1) is 0 Å². The van der Waals surface area contributed by atoms with Crippen LogP contribution in [0, 0.1) is 11.8 Å². The molecule has 18 heavy (non-hydrogen) atoms. The Bertz CT molecular complexity index is 356. The first kappa shape index (κ1) is 13.5. The zero-order valence-electron chi connectivity index (χ0n) is 12.3. The van der Waals surface area contributed by atoms with Gasteiger partial charge in [0, 0.05) is 18.8 Å². The molecule has 1 aromatic carbocycles. The van der Waals surface area contributed by atoms with Crippen molar-refractivity contribution in [3.63, 3.8) is 0 Å². The van der Waals surface area contributed by atoms with Gasteiger partial charge in [0.25, 0.3) is 0 Å². The molecular formula is C17H27N. The molecule has 100 valence electrons. The van der Waals surface area contributed by atoms with Gasteiger partial charge in [-0.2, -0.15) is 0 Å². The van der Waals surface area contributed by atoms with Crippen molar-refractivity contribution in [2.45, 2.75) is 46.5 Å². The van der Waals surface area contributed by atoms with Crippen molar-refractivity contribution in [3.8, 4) is 0 Å². The lowest BCUT2D eigenvalue weighted by molar-refractivity contribution is 0.311. The van der Waals surface area contributed by atoms with Crippen LogP contribution in [0.3, 0.4) is 0 Å². The molecule has 1 saturated heterocycles. The van der Waals surface area contributed by atoms with Crippen LogP contribution in [0.2, 0.25) is 0 Å². The largest absolute Gasteiger partial charge is 0.372 e. The molecule has 1 aromatic rings. The third kappa shape index (κ3) is 3.07. The summed E-state index contributed by atoms with van der Waals surface area (Å²) >= 11 is 0. The lowest BCUT2D eigenvalue weighted by Crippen LogP contribution is -2.35. The average molecular weight is 245 g/mol. The van der Waals surface area contributed by atoms with Gasteiger partial charge in [0.15, 0.2) is 0 Å². The Morgan fingerprint density at radius 2 is 1.50 bits per heavy atom. The molecule has 1 aliphatic rings. The minimum absolute atomic E-state index is 0.630. The predicted octanol–water partition coefficient (Wildman–Crippen LogP) is 4.68. The van der Waals surface area contributed by atoms with E-state index >= 15 is 0 Å². The number of benzene rings is 1. The predicted molar refractivity (Wildman–Crippen MR) is 80.3 cm³/mol. The number of hydrogen-bond acceptors (Lipinski definition) is 1. The normalized spacial score (nSPS) is 17.8. The summed E-state index contributed by atoms with van der Waals surface area (Å²) in [5.74, 6) is 2.40. The molecule has 0 saturated carbocycles. The lowest BCUT2D eigenvalue weighted by atomic mass is 9.86. The van der Waals surface area contributed by atoms with Gasteiger partial charge in [-0.15, -0.1) is 0 Å². The van der Waals surface area contributed by atoms with E-state index in [2.05, 4.69) is 56.9 Å². The van der Waals surface area contributed by atoms with E-state index in [1.165, 1.54) is 37.2 Å². The molecule has 0 amide bonds. The molecule has 0 N–H and O–H groups in total. The van der Waals surface area contributed by atoms with E-state index in [1.807, 2.05) is 0 Å². The molecule has 0 aromatic heterocycles. The molecule has 0 atom stereocenters. The molecule has 1 nitrogen and oxygen atoms in total. The molecular weight excluding hydrogens is 218 g/mol. The first-order chi connectivity index (χ1) is 8.58. The molecule has 0 spiro atoms. The van der Waals surface area contributed by atoms with Gasteiger partial charge in [-0.05, 0) is 48.3 Å². The van der Waals surface area contributed by atoms with Crippen LogP contribution in [0.4, 0.5) is 5.69 Å². The van der Waals surface area contributed by atoms with Crippen molar-refractivity contribution in [2.24, 2.45) is 11.8 Å². The van der Waals surface area contributed by atoms with Gasteiger partial charge >= 0.3 is 0 Å². The summed E-state index contributed by atoms with van der Waals surface area (Å²) in [5.41, 5.74) is 2.84. The molecule has 0 radical (unpaired) electrons. The Morgan fingerprint density at radius 3 is 1.94 bits per heavy atom. The second-order valence-corrected chi connectivity index (χ2v) is 6.31. The summed E-state index contributed by atoms with van der Waals surface area (Å²) in [4.78, 5) is 2.54. The highest BCUT2D eigenvalue weighted by molar-refractivity contribution is 5.48. The summed E-state index contributed by atoms with van der Waals surface area (Å²) in [6.07, 6.45) is 2.70. The van der Waals surface area contributed by atoms with E-state index in [0.29, 0.717) is 5.92 Å². The summed E-state index contributed by atoms with van der Waals surface area (Å²) in [5, 5.41) is 0. The zero-order valence-corrected chi connectivity index (χ0v) is 12.3. The maximum atomic E-state index is 2.54. The van der Waals surface area contributed by atoms with Gasteiger partial charge in [0.1, 0.15) is 0 Å². The van der Waals surface area contributed by atoms with Crippen LogP contribution in [0.15, 0.2) is 24.3 Å². The fourth-order valence-corrected chi connectivity index (χ4v) is 2.89. The molecule has 1 heteroatoms. The molecule has 1 fully saturated rings. The van der Waals surface area contributed by atoms with E-state index in [4.69, 9.17) is 0 Å². The third-order valence-electron chi connectivity index (χ3n) is 4.41. The van der Waals surface area contributed by atoms with Crippen molar-refractivity contribution in [1.82, 2.24) is 0 Å². The Balaban J connectivity index is 1.97. The standard InChI is InChI=1S/C17H27N/c1-13(2)15-5-7-17(8-6-15)18-11-9-16(10-12-18)14(3)4/h5-8,13-14,16H,9-12H2,1-4H3. The van der Waals surface area contributed by atoms with E-state index in [0.717, 1.165) is 11.8 Å². The summed E-state index contributed by atoms with van der Waals surface area (Å²) in [7, 11) is 0. The summed E-state index contributed by atoms with van der Waals surface area (Å²) in [6.45, 7) is 11.7. The van der Waals surface area contributed by atoms with Crippen molar-refractivity contribution in [2.75, 3.05) is 18.0 Å². The second kappa shape index (κ2) is 5.77. The van der Waals surface area contributed by atoms with Crippen LogP contribution in [-0.2, 0) is 0 Å². The van der Waals surface area contributed by atoms with Crippen LogP contribution in [0.5, 0.6) is 0 Å². The Kier molecular flexibility index (Phi) is 4.31. The minimum Gasteiger partial charge on any atom is -0.372 e. The highest BCUT2D eigenvalue weighted by atomic mass is 15.1. The SMILES string of the molecule is CC(C)c1ccc(N2CCC(C(C)C)CC2)cc1. The Hall–Kier alpha value is -0.980. The van der Waals surface area contributed by atoms with E-state index < -0.39 is 0 Å². The van der Waals surface area contributed by atoms with Crippen LogP contribution in [0.1, 0.15) is 52.0 Å². The van der Waals surface area contributed by atoms with Gasteiger partial charge in [-0.1, -0.05) is 39.8 Å². The van der Waals surface area contributed by atoms with Crippen LogP contribution >= 0.6 is 0 Å². The fraction of sp³-hybridized carbons (Fsp3) is 0.647. The topological polar surface area (TPSA) is 3.24 Å². The second-order valence-electron chi connectivity index (χ2n) is 6.31. The zero-order chi connectivity index (χ0) is 13.1. The Labute approximate surface area is 112 Å². The van der Waals surface area contributed by atoms with Crippen LogP contribution in [-0.4, -0.2) is 13.1 Å². The molecule has 2 rings (SSSR count). The number of piperidine rings is 1. The number of hydrogen-bond donors (Lipinski definition) is 0. The van der Waals surface area contributed by atoms with E-state index in [9.17, 15) is 0 Å². The number of anilines is 1. The summed E-state index contributed by atoms with van der Waals surface area (Å²) < 4.78 is 0. The highest BCUT2D eigenvalue weighted by Gasteiger charge is 2.21. The first-order valence-electron chi connectivity index (χ1n) is 7.43. The monoisotopic (exact) mass is 245 g/mol. The molecule has 0 bridgehead atoms. The average Bonchev–Trinajstić information content (AvgIpc) is 2.39. The number of rotatable bonds is 3. The van der Waals surface area contributed by atoms with Crippen molar-refractivity contribution in [1.29, 1.82) is 0 Å². The quantitative estimate of drug-likeness (QED) is 0.747. The highest BCUT2D eigenvalue weighted by Crippen LogP contribution is 2.28. The Morgan fingerprint density at radius 1 is 0.944 bits per heavy atom. The fourth-order valence-electron chi connectivity index (χ4n) is 2.89. The van der Waals surface area contributed by atoms with E-state index in [-0.39, 0.29) is 0 Å². The van der Waals surface area contributed by atoms with E-state index in [1.54, 1.807) is 0 Å². The maximum absolute atomic E-state index is 2.54. The number of nitrogens with zero attached hydrogens (tertiary/aromatic N) is 1. The maximum Gasteiger partial charge on any atom is 0.0366 e. The molecule has 1 aliphatic heterocycles. The van der Waals surface area contributed by atoms with Crippen molar-refractivity contribution < 1.29 is 0 Å². The summed E-state index contributed by atoms with van der Waals surface area (Å²) in [6, 6.07) is 9.17. The lowest BCUT2D eigenvalue weighted by Gasteiger charge is -2.35. The van der Waals surface area contributed by atoms with Crippen molar-refractivity contribution in [3.05, 3.63) is 29.8 Å². The van der Waals surface area contributed by atoms with Gasteiger partial charge in [-0.25, -0.2) is 0 Å². The molecule has 1 heterocycles. The van der Waals surface area contributed by atoms with Crippen molar-refractivity contribution >= 4 is 5.69 Å². The smallest absolute Gasteiger partial charge is 0.0366 e. The van der Waals surface area contributed by atoms with Crippen LogP contribution < -0.4 is 4.90 Å². The first-order valence-corrected chi connectivity index (χ1v) is 7.43. The van der Waals surface area contributed by atoms with Gasteiger partial charge in [0.2, 0.25) is 0 Å². The molecule has 0 unspecified atom stereocenters. The minimum atomic E-state index is 0.630. The van der Waals surface area contributed by atoms with Gasteiger partial charge in [-0.3, -0.25) is 0 Å². The molecule has 0 aliphatic carbocycles. The third-order valence-corrected chi connectivity index (χ3v) is 4.41. The van der Waals surface area contributed by atoms with Gasteiger partial charge < -0.3 is 4.90 Å².